The van der Waals surface area contributed by atoms with Gasteiger partial charge >= 0.3 is 5.97 Å². The number of carbonyl (C=O) groups is 2. The van der Waals surface area contributed by atoms with Crippen LogP contribution in [0.4, 0.5) is 0 Å². The molecule has 1 amide bonds. The summed E-state index contributed by atoms with van der Waals surface area (Å²) in [5.74, 6) is 0.683. The van der Waals surface area contributed by atoms with E-state index < -0.39 is 0 Å². The largest absolute Gasteiger partial charge is 0.493 e. The molecule has 8 heteroatoms. The Hall–Kier alpha value is -2.32. The summed E-state index contributed by atoms with van der Waals surface area (Å²) >= 11 is 6.26. The minimum atomic E-state index is -0.305. The summed E-state index contributed by atoms with van der Waals surface area (Å²) in [4.78, 5) is 24.3. The number of allylic oxidation sites excluding steroid dienone is 2. The molecular formula is C19H21NO5S2. The minimum Gasteiger partial charge on any atom is -0.493 e. The SMILES string of the molecule is CCOC(=O)CCC(/C=C/c1ccc(OC)c(OC)c1)=C1/SC(=S)NC1=O. The second-order valence-corrected chi connectivity index (χ2v) is 7.14. The highest BCUT2D eigenvalue weighted by atomic mass is 32.2. The summed E-state index contributed by atoms with van der Waals surface area (Å²) in [6, 6.07) is 5.50. The third kappa shape index (κ3) is 5.83. The van der Waals surface area contributed by atoms with Crippen LogP contribution in [0.25, 0.3) is 6.08 Å². The lowest BCUT2D eigenvalue weighted by molar-refractivity contribution is -0.143. The van der Waals surface area contributed by atoms with Crippen molar-refractivity contribution < 1.29 is 23.8 Å². The average molecular weight is 408 g/mol. The summed E-state index contributed by atoms with van der Waals surface area (Å²) in [5.41, 5.74) is 1.59. The van der Waals surface area contributed by atoms with E-state index in [0.29, 0.717) is 33.8 Å². The van der Waals surface area contributed by atoms with Crippen molar-refractivity contribution in [2.45, 2.75) is 19.8 Å². The number of ether oxygens (including phenoxy) is 3. The highest BCUT2D eigenvalue weighted by Gasteiger charge is 2.25. The summed E-state index contributed by atoms with van der Waals surface area (Å²) in [7, 11) is 3.14. The van der Waals surface area contributed by atoms with Crippen molar-refractivity contribution in [3.8, 4) is 11.5 Å². The van der Waals surface area contributed by atoms with Crippen LogP contribution in [0.3, 0.4) is 0 Å². The minimum absolute atomic E-state index is 0.184. The maximum atomic E-state index is 12.1. The zero-order valence-corrected chi connectivity index (χ0v) is 17.0. The van der Waals surface area contributed by atoms with Gasteiger partial charge in [0.05, 0.1) is 25.7 Å². The highest BCUT2D eigenvalue weighted by Crippen LogP contribution is 2.31. The Morgan fingerprint density at radius 1 is 1.22 bits per heavy atom. The number of amides is 1. The second kappa shape index (κ2) is 10.1. The van der Waals surface area contributed by atoms with Crippen molar-refractivity contribution in [2.24, 2.45) is 0 Å². The van der Waals surface area contributed by atoms with E-state index in [1.54, 1.807) is 27.2 Å². The van der Waals surface area contributed by atoms with Gasteiger partial charge in [-0.25, -0.2) is 0 Å². The van der Waals surface area contributed by atoms with Crippen molar-refractivity contribution in [3.05, 3.63) is 40.3 Å². The predicted molar refractivity (Wildman–Crippen MR) is 110 cm³/mol. The molecule has 0 aliphatic carbocycles. The van der Waals surface area contributed by atoms with E-state index in [1.165, 1.54) is 11.8 Å². The number of thiocarbonyl (C=S) groups is 1. The molecule has 1 fully saturated rings. The Morgan fingerprint density at radius 2 is 1.96 bits per heavy atom. The van der Waals surface area contributed by atoms with Crippen LogP contribution in [0.5, 0.6) is 11.5 Å². The van der Waals surface area contributed by atoms with Gasteiger partial charge in [0.2, 0.25) is 0 Å². The molecule has 1 aromatic carbocycles. The van der Waals surface area contributed by atoms with E-state index in [9.17, 15) is 9.59 Å². The van der Waals surface area contributed by atoms with Gasteiger partial charge in [0.25, 0.3) is 5.91 Å². The molecule has 1 heterocycles. The fraction of sp³-hybridized carbons (Fsp3) is 0.316. The normalized spacial score (nSPS) is 15.7. The van der Waals surface area contributed by atoms with Gasteiger partial charge in [-0.2, -0.15) is 0 Å². The number of methoxy groups -OCH3 is 2. The van der Waals surface area contributed by atoms with Crippen LogP contribution < -0.4 is 14.8 Å². The molecule has 1 aliphatic rings. The standard InChI is InChI=1S/C19H21NO5S2/c1-4-25-16(21)10-8-13(17-18(22)20-19(26)27-17)7-5-12-6-9-14(23-2)15(11-12)24-3/h5-7,9,11H,4,8,10H2,1-3H3,(H,20,22,26)/b7-5+,17-13+. The van der Waals surface area contributed by atoms with E-state index >= 15 is 0 Å². The Labute approximate surface area is 167 Å². The first-order chi connectivity index (χ1) is 13.0. The Balaban J connectivity index is 2.27. The van der Waals surface area contributed by atoms with Crippen molar-refractivity contribution in [2.75, 3.05) is 20.8 Å². The van der Waals surface area contributed by atoms with Crippen LogP contribution in [-0.4, -0.2) is 37.0 Å². The first-order valence-corrected chi connectivity index (χ1v) is 9.53. The summed E-state index contributed by atoms with van der Waals surface area (Å²) in [5, 5.41) is 2.60. The lowest BCUT2D eigenvalue weighted by Gasteiger charge is -2.08. The summed E-state index contributed by atoms with van der Waals surface area (Å²) in [6.07, 6.45) is 4.23. The number of rotatable bonds is 8. The molecule has 6 nitrogen and oxygen atoms in total. The zero-order chi connectivity index (χ0) is 19.8. The second-order valence-electron chi connectivity index (χ2n) is 5.45. The lowest BCUT2D eigenvalue weighted by atomic mass is 10.1. The van der Waals surface area contributed by atoms with Crippen molar-refractivity contribution in [3.63, 3.8) is 0 Å². The molecule has 0 atom stereocenters. The maximum Gasteiger partial charge on any atom is 0.306 e. The number of hydrogen-bond acceptors (Lipinski definition) is 7. The van der Waals surface area contributed by atoms with Crippen molar-refractivity contribution >= 4 is 46.3 Å². The van der Waals surface area contributed by atoms with Gasteiger partial charge < -0.3 is 19.5 Å². The number of esters is 1. The molecule has 0 saturated carbocycles. The number of benzene rings is 1. The predicted octanol–water partition coefficient (Wildman–Crippen LogP) is 3.46. The Bertz CT molecular complexity index is 801. The van der Waals surface area contributed by atoms with Crippen molar-refractivity contribution in [1.29, 1.82) is 0 Å². The molecule has 1 aliphatic heterocycles. The van der Waals surface area contributed by atoms with Gasteiger partial charge in [-0.15, -0.1) is 0 Å². The van der Waals surface area contributed by atoms with E-state index in [4.69, 9.17) is 26.4 Å². The topological polar surface area (TPSA) is 73.9 Å². The maximum absolute atomic E-state index is 12.1. The van der Waals surface area contributed by atoms with Crippen LogP contribution in [0.1, 0.15) is 25.3 Å². The molecule has 0 unspecified atom stereocenters. The summed E-state index contributed by atoms with van der Waals surface area (Å²) in [6.45, 7) is 2.08. The smallest absolute Gasteiger partial charge is 0.306 e. The van der Waals surface area contributed by atoms with Gasteiger partial charge in [0.15, 0.2) is 11.5 Å². The fourth-order valence-corrected chi connectivity index (χ4v) is 3.54. The number of thioether (sulfide) groups is 1. The van der Waals surface area contributed by atoms with Gasteiger partial charge in [0.1, 0.15) is 4.32 Å². The lowest BCUT2D eigenvalue weighted by Crippen LogP contribution is -2.18. The average Bonchev–Trinajstić information content (AvgIpc) is 2.99. The van der Waals surface area contributed by atoms with E-state index in [-0.39, 0.29) is 18.3 Å². The van der Waals surface area contributed by atoms with Gasteiger partial charge in [-0.3, -0.25) is 9.59 Å². The highest BCUT2D eigenvalue weighted by molar-refractivity contribution is 8.26. The molecule has 144 valence electrons. The molecule has 0 radical (unpaired) electrons. The first-order valence-electron chi connectivity index (χ1n) is 8.30. The number of nitrogens with one attached hydrogen (secondary N) is 1. The van der Waals surface area contributed by atoms with E-state index in [1.807, 2.05) is 24.3 Å². The summed E-state index contributed by atoms with van der Waals surface area (Å²) < 4.78 is 15.9. The van der Waals surface area contributed by atoms with Gasteiger partial charge in [-0.1, -0.05) is 42.2 Å². The molecule has 1 aromatic rings. The molecule has 2 rings (SSSR count). The molecule has 0 aromatic heterocycles. The molecule has 27 heavy (non-hydrogen) atoms. The van der Waals surface area contributed by atoms with Crippen LogP contribution in [-0.2, 0) is 14.3 Å². The molecular weight excluding hydrogens is 386 g/mol. The van der Waals surface area contributed by atoms with Crippen LogP contribution >= 0.6 is 24.0 Å². The van der Waals surface area contributed by atoms with Crippen LogP contribution in [0, 0.1) is 0 Å². The number of carbonyl (C=O) groups excluding carboxylic acids is 2. The monoisotopic (exact) mass is 407 g/mol. The first kappa shape index (κ1) is 21.0. The molecule has 0 bridgehead atoms. The number of hydrogen-bond donors (Lipinski definition) is 1. The van der Waals surface area contributed by atoms with Crippen LogP contribution in [0.2, 0.25) is 0 Å². The van der Waals surface area contributed by atoms with Crippen LogP contribution in [0.15, 0.2) is 34.8 Å². The molecule has 1 saturated heterocycles. The fourth-order valence-electron chi connectivity index (χ4n) is 2.42. The molecule has 0 spiro atoms. The Kier molecular flexibility index (Phi) is 7.87. The van der Waals surface area contributed by atoms with Crippen molar-refractivity contribution in [1.82, 2.24) is 5.32 Å². The third-order valence-electron chi connectivity index (χ3n) is 3.70. The van der Waals surface area contributed by atoms with E-state index in [2.05, 4.69) is 5.32 Å². The van der Waals surface area contributed by atoms with Gasteiger partial charge in [0, 0.05) is 6.42 Å². The molecule has 1 N–H and O–H groups in total. The Morgan fingerprint density at radius 3 is 2.56 bits per heavy atom. The zero-order valence-electron chi connectivity index (χ0n) is 15.4. The quantitative estimate of drug-likeness (QED) is 0.402. The van der Waals surface area contributed by atoms with Gasteiger partial charge in [-0.05, 0) is 36.6 Å². The van der Waals surface area contributed by atoms with E-state index in [0.717, 1.165) is 11.1 Å². The third-order valence-corrected chi connectivity index (χ3v) is 4.99.